The monoisotopic (exact) mass is 534 g/mol. The van der Waals surface area contributed by atoms with Crippen molar-refractivity contribution in [2.24, 2.45) is 4.99 Å². The van der Waals surface area contributed by atoms with Crippen LogP contribution in [0.2, 0.25) is 0 Å². The second-order valence-electron chi connectivity index (χ2n) is 7.48. The zero-order chi connectivity index (χ0) is 20.2. The standard InChI is InChI=1S/C20H30N4O3S.HI/c1-15-5-4-6-17-16(13-23-18(15)17)7-10-22-19(21-2)24-14-20(28(3,25)26)8-11-27-12-9-20;/h4-6,13,23H,7-12,14H2,1-3H3,(H2,21,22,24);1H. The van der Waals surface area contributed by atoms with Gasteiger partial charge in [-0.3, -0.25) is 4.99 Å². The Morgan fingerprint density at radius 3 is 2.66 bits per heavy atom. The van der Waals surface area contributed by atoms with E-state index < -0.39 is 14.6 Å². The van der Waals surface area contributed by atoms with Crippen LogP contribution < -0.4 is 10.6 Å². The lowest BCUT2D eigenvalue weighted by Gasteiger charge is -2.35. The molecule has 0 radical (unpaired) electrons. The average Bonchev–Trinajstić information content (AvgIpc) is 3.09. The number of ether oxygens (including phenoxy) is 1. The minimum absolute atomic E-state index is 0. The van der Waals surface area contributed by atoms with E-state index in [1.54, 1.807) is 7.05 Å². The van der Waals surface area contributed by atoms with Gasteiger partial charge in [0.1, 0.15) is 0 Å². The van der Waals surface area contributed by atoms with Crippen LogP contribution in [-0.4, -0.2) is 63.7 Å². The number of sulfone groups is 1. The first-order chi connectivity index (χ1) is 13.4. The Bertz CT molecular complexity index is 950. The summed E-state index contributed by atoms with van der Waals surface area (Å²) in [5.41, 5.74) is 3.66. The van der Waals surface area contributed by atoms with Crippen molar-refractivity contribution in [2.45, 2.75) is 30.9 Å². The van der Waals surface area contributed by atoms with Crippen molar-refractivity contribution in [3.8, 4) is 0 Å². The van der Waals surface area contributed by atoms with Gasteiger partial charge in [-0.2, -0.15) is 0 Å². The van der Waals surface area contributed by atoms with Crippen LogP contribution in [0.25, 0.3) is 10.9 Å². The van der Waals surface area contributed by atoms with Crippen molar-refractivity contribution in [3.63, 3.8) is 0 Å². The lowest BCUT2D eigenvalue weighted by atomic mass is 9.99. The van der Waals surface area contributed by atoms with E-state index in [1.807, 2.05) is 0 Å². The topological polar surface area (TPSA) is 95.6 Å². The minimum Gasteiger partial charge on any atom is -0.381 e. The van der Waals surface area contributed by atoms with E-state index in [9.17, 15) is 8.42 Å². The summed E-state index contributed by atoms with van der Waals surface area (Å²) in [4.78, 5) is 7.59. The smallest absolute Gasteiger partial charge is 0.191 e. The van der Waals surface area contributed by atoms with Crippen LogP contribution in [-0.2, 0) is 21.0 Å². The lowest BCUT2D eigenvalue weighted by Crippen LogP contribution is -2.53. The zero-order valence-electron chi connectivity index (χ0n) is 17.2. The average molecular weight is 534 g/mol. The molecule has 29 heavy (non-hydrogen) atoms. The maximum atomic E-state index is 12.4. The number of para-hydroxylation sites is 1. The molecule has 0 atom stereocenters. The number of fused-ring (bicyclic) bond motifs is 1. The number of guanidine groups is 1. The van der Waals surface area contributed by atoms with Gasteiger partial charge in [0.25, 0.3) is 0 Å². The number of rotatable bonds is 6. The molecule has 2 aromatic rings. The number of aliphatic imine (C=N–C) groups is 1. The first-order valence-electron chi connectivity index (χ1n) is 9.64. The largest absolute Gasteiger partial charge is 0.381 e. The predicted octanol–water partition coefficient (Wildman–Crippen LogP) is 2.40. The van der Waals surface area contributed by atoms with Gasteiger partial charge in [-0.05, 0) is 37.3 Å². The molecule has 1 fully saturated rings. The molecular formula is C20H31IN4O3S. The van der Waals surface area contributed by atoms with E-state index in [4.69, 9.17) is 4.74 Å². The fraction of sp³-hybridized carbons (Fsp3) is 0.550. The van der Waals surface area contributed by atoms with Crippen molar-refractivity contribution in [1.29, 1.82) is 0 Å². The van der Waals surface area contributed by atoms with Crippen LogP contribution in [0.15, 0.2) is 29.4 Å². The van der Waals surface area contributed by atoms with Gasteiger partial charge >= 0.3 is 0 Å². The summed E-state index contributed by atoms with van der Waals surface area (Å²) in [6.45, 7) is 4.08. The summed E-state index contributed by atoms with van der Waals surface area (Å²) in [7, 11) is -1.51. The Balaban J connectivity index is 0.00000300. The molecule has 0 saturated carbocycles. The molecule has 0 amide bonds. The number of nitrogens with one attached hydrogen (secondary N) is 3. The summed E-state index contributed by atoms with van der Waals surface area (Å²) < 4.78 is 29.3. The minimum atomic E-state index is -3.21. The van der Waals surface area contributed by atoms with E-state index in [-0.39, 0.29) is 24.0 Å². The number of H-pyrrole nitrogens is 1. The Kier molecular flexibility index (Phi) is 8.36. The normalized spacial score (nSPS) is 17.0. The van der Waals surface area contributed by atoms with Crippen molar-refractivity contribution in [1.82, 2.24) is 15.6 Å². The number of aryl methyl sites for hydroxylation is 1. The Morgan fingerprint density at radius 2 is 2.00 bits per heavy atom. The molecule has 1 aromatic carbocycles. The number of hydrogen-bond acceptors (Lipinski definition) is 4. The van der Waals surface area contributed by atoms with Crippen molar-refractivity contribution in [3.05, 3.63) is 35.5 Å². The quantitative estimate of drug-likeness (QED) is 0.301. The van der Waals surface area contributed by atoms with Crippen LogP contribution in [0.3, 0.4) is 0 Å². The molecule has 0 spiro atoms. The second kappa shape index (κ2) is 10.1. The first kappa shape index (κ1) is 23.9. The van der Waals surface area contributed by atoms with Gasteiger partial charge < -0.3 is 20.4 Å². The van der Waals surface area contributed by atoms with Crippen LogP contribution >= 0.6 is 24.0 Å². The number of halogens is 1. The molecule has 7 nitrogen and oxygen atoms in total. The van der Waals surface area contributed by atoms with Crippen molar-refractivity contribution in [2.75, 3.05) is 39.6 Å². The maximum Gasteiger partial charge on any atom is 0.191 e. The number of aromatic nitrogens is 1. The zero-order valence-corrected chi connectivity index (χ0v) is 20.4. The summed E-state index contributed by atoms with van der Waals surface area (Å²) in [6.07, 6.45) is 5.22. The van der Waals surface area contributed by atoms with Crippen molar-refractivity contribution < 1.29 is 13.2 Å². The molecule has 162 valence electrons. The highest BCUT2D eigenvalue weighted by atomic mass is 127. The lowest BCUT2D eigenvalue weighted by molar-refractivity contribution is 0.0756. The molecule has 1 aromatic heterocycles. The van der Waals surface area contributed by atoms with Gasteiger partial charge in [0.15, 0.2) is 15.8 Å². The fourth-order valence-electron chi connectivity index (χ4n) is 3.77. The molecule has 3 N–H and O–H groups in total. The molecule has 1 aliphatic rings. The molecule has 2 heterocycles. The van der Waals surface area contributed by atoms with Gasteiger partial charge in [-0.15, -0.1) is 24.0 Å². The van der Waals surface area contributed by atoms with E-state index in [2.05, 4.69) is 51.9 Å². The number of benzene rings is 1. The SMILES string of the molecule is CN=C(NCCc1c[nH]c2c(C)cccc12)NCC1(S(C)(=O)=O)CCOCC1.I. The Hall–Kier alpha value is -1.33. The van der Waals surface area contributed by atoms with E-state index in [0.29, 0.717) is 45.1 Å². The molecular weight excluding hydrogens is 503 g/mol. The number of aromatic amines is 1. The summed E-state index contributed by atoms with van der Waals surface area (Å²) in [5, 5.41) is 7.74. The summed E-state index contributed by atoms with van der Waals surface area (Å²) in [5.74, 6) is 0.616. The highest BCUT2D eigenvalue weighted by molar-refractivity contribution is 14.0. The highest BCUT2D eigenvalue weighted by Gasteiger charge is 2.42. The third-order valence-corrected chi connectivity index (χ3v) is 7.81. The van der Waals surface area contributed by atoms with Crippen LogP contribution in [0.4, 0.5) is 0 Å². The van der Waals surface area contributed by atoms with E-state index in [1.165, 1.54) is 28.3 Å². The van der Waals surface area contributed by atoms with Gasteiger partial charge in [-0.1, -0.05) is 18.2 Å². The third-order valence-electron chi connectivity index (χ3n) is 5.69. The summed E-state index contributed by atoms with van der Waals surface area (Å²) in [6, 6.07) is 6.30. The summed E-state index contributed by atoms with van der Waals surface area (Å²) >= 11 is 0. The molecule has 1 aliphatic heterocycles. The first-order valence-corrected chi connectivity index (χ1v) is 11.5. The van der Waals surface area contributed by atoms with Crippen molar-refractivity contribution >= 4 is 50.7 Å². The third kappa shape index (κ3) is 5.43. The molecule has 1 saturated heterocycles. The Labute approximate surface area is 190 Å². The number of nitrogens with zero attached hydrogens (tertiary/aromatic N) is 1. The van der Waals surface area contributed by atoms with Crippen LogP contribution in [0.1, 0.15) is 24.0 Å². The predicted molar refractivity (Wildman–Crippen MR) is 129 cm³/mol. The molecule has 0 aliphatic carbocycles. The molecule has 0 unspecified atom stereocenters. The molecule has 9 heteroatoms. The van der Waals surface area contributed by atoms with Gasteiger partial charge in [0, 0.05) is 56.7 Å². The molecule has 3 rings (SSSR count). The Morgan fingerprint density at radius 1 is 1.28 bits per heavy atom. The highest BCUT2D eigenvalue weighted by Crippen LogP contribution is 2.28. The van der Waals surface area contributed by atoms with E-state index >= 15 is 0 Å². The van der Waals surface area contributed by atoms with Gasteiger partial charge in [-0.25, -0.2) is 8.42 Å². The van der Waals surface area contributed by atoms with Crippen LogP contribution in [0, 0.1) is 6.92 Å². The van der Waals surface area contributed by atoms with E-state index in [0.717, 1.165) is 6.42 Å². The van der Waals surface area contributed by atoms with Gasteiger partial charge in [0.2, 0.25) is 0 Å². The number of hydrogen-bond donors (Lipinski definition) is 3. The molecule has 0 bridgehead atoms. The fourth-order valence-corrected chi connectivity index (χ4v) is 5.02. The second-order valence-corrected chi connectivity index (χ2v) is 9.89. The van der Waals surface area contributed by atoms with Crippen LogP contribution in [0.5, 0.6) is 0 Å². The maximum absolute atomic E-state index is 12.4. The van der Waals surface area contributed by atoms with Gasteiger partial charge in [0.05, 0.1) is 4.75 Å².